The molecule has 1 unspecified atom stereocenters. The van der Waals surface area contributed by atoms with Crippen molar-refractivity contribution in [2.45, 2.75) is 11.8 Å². The number of para-hydroxylation sites is 1. The van der Waals surface area contributed by atoms with E-state index in [0.29, 0.717) is 22.6 Å². The minimum Gasteiger partial charge on any atom is -0.325 e. The van der Waals surface area contributed by atoms with E-state index in [4.69, 9.17) is 0 Å². The van der Waals surface area contributed by atoms with Gasteiger partial charge in [0.1, 0.15) is 17.1 Å². The van der Waals surface area contributed by atoms with Crippen LogP contribution in [0.5, 0.6) is 0 Å². The standard InChI is InChI=1S/C19H13FN4O2/c20-11-6-7-13-15(8-11)22-18(26)19(13)9-16(25)23-17-14(19)10-21-24(17)12-4-2-1-3-5-12/h1-8,10H,9H2,(H,22,26)(H,23,25). The SMILES string of the molecule is O=C1CC2(C(=O)Nc3cc(F)ccc32)c2cnn(-c3ccccc3)c2N1. The number of anilines is 2. The summed E-state index contributed by atoms with van der Waals surface area (Å²) in [6.45, 7) is 0. The molecule has 2 aliphatic heterocycles. The van der Waals surface area contributed by atoms with Gasteiger partial charge in [0.2, 0.25) is 11.8 Å². The molecule has 3 aromatic rings. The van der Waals surface area contributed by atoms with E-state index in [1.54, 1.807) is 16.9 Å². The van der Waals surface area contributed by atoms with Crippen molar-refractivity contribution in [3.05, 3.63) is 71.7 Å². The second kappa shape index (κ2) is 5.01. The molecule has 128 valence electrons. The van der Waals surface area contributed by atoms with E-state index in [1.165, 1.54) is 12.1 Å². The first kappa shape index (κ1) is 14.8. The highest BCUT2D eigenvalue weighted by Crippen LogP contribution is 2.50. The number of amides is 2. The van der Waals surface area contributed by atoms with Gasteiger partial charge in [-0.25, -0.2) is 9.07 Å². The fourth-order valence-corrected chi connectivity index (χ4v) is 3.84. The van der Waals surface area contributed by atoms with E-state index in [9.17, 15) is 14.0 Å². The van der Waals surface area contributed by atoms with Gasteiger partial charge >= 0.3 is 0 Å². The molecule has 0 saturated heterocycles. The van der Waals surface area contributed by atoms with Crippen molar-refractivity contribution >= 4 is 23.3 Å². The smallest absolute Gasteiger partial charge is 0.240 e. The lowest BCUT2D eigenvalue weighted by molar-refractivity contribution is -0.125. The average molecular weight is 348 g/mol. The lowest BCUT2D eigenvalue weighted by Crippen LogP contribution is -2.43. The first-order valence-corrected chi connectivity index (χ1v) is 8.15. The van der Waals surface area contributed by atoms with Crippen LogP contribution in [0.4, 0.5) is 15.9 Å². The summed E-state index contributed by atoms with van der Waals surface area (Å²) in [5.74, 6) is -0.620. The Morgan fingerprint density at radius 1 is 1.04 bits per heavy atom. The van der Waals surface area contributed by atoms with Crippen molar-refractivity contribution in [3.8, 4) is 5.69 Å². The number of carbonyl (C=O) groups excluding carboxylic acids is 2. The van der Waals surface area contributed by atoms with Gasteiger partial charge in [0.25, 0.3) is 0 Å². The molecular formula is C19H13FN4O2. The quantitative estimate of drug-likeness (QED) is 0.710. The predicted molar refractivity (Wildman–Crippen MR) is 92.6 cm³/mol. The molecule has 2 amide bonds. The molecular weight excluding hydrogens is 335 g/mol. The van der Waals surface area contributed by atoms with Crippen LogP contribution < -0.4 is 10.6 Å². The van der Waals surface area contributed by atoms with Crippen LogP contribution in [0, 0.1) is 5.82 Å². The number of aromatic nitrogens is 2. The number of hydrogen-bond donors (Lipinski definition) is 2. The molecule has 2 N–H and O–H groups in total. The second-order valence-electron chi connectivity index (χ2n) is 6.43. The van der Waals surface area contributed by atoms with Crippen molar-refractivity contribution in [1.29, 1.82) is 0 Å². The Bertz CT molecular complexity index is 1080. The Morgan fingerprint density at radius 2 is 1.85 bits per heavy atom. The molecule has 3 heterocycles. The van der Waals surface area contributed by atoms with Gasteiger partial charge in [-0.15, -0.1) is 0 Å². The van der Waals surface area contributed by atoms with Gasteiger partial charge in [-0.2, -0.15) is 5.10 Å². The fraction of sp³-hybridized carbons (Fsp3) is 0.105. The van der Waals surface area contributed by atoms with Crippen LogP contribution in [0.3, 0.4) is 0 Å². The number of fused-ring (bicyclic) bond motifs is 4. The first-order chi connectivity index (χ1) is 12.6. The highest BCUT2D eigenvalue weighted by molar-refractivity contribution is 6.14. The van der Waals surface area contributed by atoms with Gasteiger partial charge < -0.3 is 10.6 Å². The van der Waals surface area contributed by atoms with E-state index in [2.05, 4.69) is 15.7 Å². The number of carbonyl (C=O) groups is 2. The van der Waals surface area contributed by atoms with Crippen molar-refractivity contribution in [3.63, 3.8) is 0 Å². The van der Waals surface area contributed by atoms with Crippen molar-refractivity contribution < 1.29 is 14.0 Å². The Morgan fingerprint density at radius 3 is 2.65 bits per heavy atom. The third kappa shape index (κ3) is 1.82. The number of rotatable bonds is 1. The monoisotopic (exact) mass is 348 g/mol. The zero-order valence-electron chi connectivity index (χ0n) is 13.5. The van der Waals surface area contributed by atoms with Gasteiger partial charge in [-0.1, -0.05) is 24.3 Å². The van der Waals surface area contributed by atoms with Crippen LogP contribution in [-0.2, 0) is 15.0 Å². The van der Waals surface area contributed by atoms with Crippen LogP contribution >= 0.6 is 0 Å². The summed E-state index contributed by atoms with van der Waals surface area (Å²) in [7, 11) is 0. The zero-order chi connectivity index (χ0) is 17.9. The number of nitrogens with zero attached hydrogens (tertiary/aromatic N) is 2. The summed E-state index contributed by atoms with van der Waals surface area (Å²) in [5.41, 5.74) is 1.15. The maximum atomic E-state index is 13.6. The van der Waals surface area contributed by atoms with Crippen LogP contribution in [-0.4, -0.2) is 21.6 Å². The first-order valence-electron chi connectivity index (χ1n) is 8.15. The third-order valence-electron chi connectivity index (χ3n) is 4.99. The molecule has 5 rings (SSSR count). The van der Waals surface area contributed by atoms with Crippen LogP contribution in [0.15, 0.2) is 54.7 Å². The summed E-state index contributed by atoms with van der Waals surface area (Å²) in [5, 5.41) is 9.94. The summed E-state index contributed by atoms with van der Waals surface area (Å²) >= 11 is 0. The zero-order valence-corrected chi connectivity index (χ0v) is 13.5. The second-order valence-corrected chi connectivity index (χ2v) is 6.43. The minimum atomic E-state index is -1.20. The van der Waals surface area contributed by atoms with E-state index >= 15 is 0 Å². The molecule has 0 bridgehead atoms. The summed E-state index contributed by atoms with van der Waals surface area (Å²) in [4.78, 5) is 25.4. The predicted octanol–water partition coefficient (Wildman–Crippen LogP) is 2.59. The number of benzene rings is 2. The molecule has 1 spiro atoms. The maximum absolute atomic E-state index is 13.6. The Labute approximate surface area is 147 Å². The molecule has 6 nitrogen and oxygen atoms in total. The van der Waals surface area contributed by atoms with E-state index < -0.39 is 11.2 Å². The summed E-state index contributed by atoms with van der Waals surface area (Å²) < 4.78 is 15.2. The molecule has 0 saturated carbocycles. The molecule has 1 aromatic heterocycles. The number of nitrogens with one attached hydrogen (secondary N) is 2. The highest BCUT2D eigenvalue weighted by atomic mass is 19.1. The minimum absolute atomic E-state index is 0.0506. The number of hydrogen-bond acceptors (Lipinski definition) is 3. The van der Waals surface area contributed by atoms with E-state index in [1.807, 2.05) is 30.3 Å². The van der Waals surface area contributed by atoms with Gasteiger partial charge in [0.05, 0.1) is 11.9 Å². The van der Waals surface area contributed by atoms with Gasteiger partial charge in [0.15, 0.2) is 0 Å². The summed E-state index contributed by atoms with van der Waals surface area (Å²) in [6.07, 6.45) is 1.55. The number of halogens is 1. The largest absolute Gasteiger partial charge is 0.325 e. The molecule has 7 heteroatoms. The molecule has 2 aliphatic rings. The summed E-state index contributed by atoms with van der Waals surface area (Å²) in [6, 6.07) is 13.5. The van der Waals surface area contributed by atoms with E-state index in [0.717, 1.165) is 5.69 Å². The highest BCUT2D eigenvalue weighted by Gasteiger charge is 2.54. The fourth-order valence-electron chi connectivity index (χ4n) is 3.84. The molecule has 2 aromatic carbocycles. The van der Waals surface area contributed by atoms with Crippen LogP contribution in [0.1, 0.15) is 17.5 Å². The van der Waals surface area contributed by atoms with Crippen LogP contribution in [0.25, 0.3) is 5.69 Å². The third-order valence-corrected chi connectivity index (χ3v) is 4.99. The molecule has 0 aliphatic carbocycles. The topological polar surface area (TPSA) is 76.0 Å². The normalized spacial score (nSPS) is 20.5. The Balaban J connectivity index is 1.77. The van der Waals surface area contributed by atoms with Gasteiger partial charge in [-0.05, 0) is 29.8 Å². The Kier molecular flexibility index (Phi) is 2.86. The Hall–Kier alpha value is -3.48. The average Bonchev–Trinajstić information content (AvgIpc) is 3.16. The lowest BCUT2D eigenvalue weighted by Gasteiger charge is -2.31. The van der Waals surface area contributed by atoms with Gasteiger partial charge in [-0.3, -0.25) is 9.59 Å². The van der Waals surface area contributed by atoms with Crippen LogP contribution in [0.2, 0.25) is 0 Å². The molecule has 0 fully saturated rings. The van der Waals surface area contributed by atoms with Gasteiger partial charge in [0, 0.05) is 17.7 Å². The maximum Gasteiger partial charge on any atom is 0.240 e. The molecule has 1 atom stereocenters. The van der Waals surface area contributed by atoms with Crippen molar-refractivity contribution in [2.75, 3.05) is 10.6 Å². The van der Waals surface area contributed by atoms with Crippen molar-refractivity contribution in [2.24, 2.45) is 0 Å². The van der Waals surface area contributed by atoms with E-state index in [-0.39, 0.29) is 18.2 Å². The molecule has 0 radical (unpaired) electrons. The lowest BCUT2D eigenvalue weighted by atomic mass is 9.72. The van der Waals surface area contributed by atoms with Crippen molar-refractivity contribution in [1.82, 2.24) is 9.78 Å². The molecule has 26 heavy (non-hydrogen) atoms.